The number of benzene rings is 2. The van der Waals surface area contributed by atoms with Crippen molar-refractivity contribution in [3.05, 3.63) is 57.5 Å². The molecule has 0 bridgehead atoms. The van der Waals surface area contributed by atoms with Gasteiger partial charge >= 0.3 is 8.25 Å². The molecule has 0 aromatic heterocycles. The molecule has 0 saturated carbocycles. The minimum absolute atomic E-state index is 0.513. The summed E-state index contributed by atoms with van der Waals surface area (Å²) in [5.74, 6) is 1.03. The second kappa shape index (κ2) is 6.41. The molecule has 0 aliphatic heterocycles. The molecule has 0 fully saturated rings. The van der Waals surface area contributed by atoms with Gasteiger partial charge in [0.05, 0.1) is 0 Å². The molecule has 2 aromatic carbocycles. The monoisotopic (exact) mass is 390 g/mol. The second-order valence-electron chi connectivity index (χ2n) is 3.36. The van der Waals surface area contributed by atoms with Gasteiger partial charge in [-0.3, -0.25) is 0 Å². The van der Waals surface area contributed by atoms with E-state index in [0.29, 0.717) is 11.5 Å². The van der Waals surface area contributed by atoms with E-state index in [1.165, 1.54) is 0 Å². The summed E-state index contributed by atoms with van der Waals surface area (Å²) in [6.45, 7) is 0. The maximum atomic E-state index is 11.7. The number of halogens is 2. The second-order valence-corrected chi connectivity index (χ2v) is 6.10. The molecule has 0 radical (unpaired) electrons. The van der Waals surface area contributed by atoms with Gasteiger partial charge in [0.15, 0.2) is 0 Å². The van der Waals surface area contributed by atoms with Crippen molar-refractivity contribution >= 4 is 40.1 Å². The molecular weight excluding hydrogens is 383 g/mol. The SMILES string of the molecule is O=[PH](Oc1ccc(Br)cc1)Oc1ccc(Br)cc1. The standard InChI is InChI=1S/C12H9Br2O3P/c13-9-1-5-11(6-2-9)16-18(15)17-12-7-3-10(14)4-8-12/h1-8,18H. The van der Waals surface area contributed by atoms with Gasteiger partial charge in [-0.1, -0.05) is 31.9 Å². The third-order valence-corrected chi connectivity index (χ3v) is 3.89. The molecule has 2 aromatic rings. The minimum atomic E-state index is -2.60. The van der Waals surface area contributed by atoms with Gasteiger partial charge < -0.3 is 9.05 Å². The number of hydrogen-bond acceptors (Lipinski definition) is 3. The first-order chi connectivity index (χ1) is 8.63. The third kappa shape index (κ3) is 4.16. The van der Waals surface area contributed by atoms with E-state index in [-0.39, 0.29) is 0 Å². The zero-order chi connectivity index (χ0) is 13.0. The zero-order valence-electron chi connectivity index (χ0n) is 9.10. The summed E-state index contributed by atoms with van der Waals surface area (Å²) >= 11 is 6.62. The Morgan fingerprint density at radius 2 is 1.06 bits per heavy atom. The van der Waals surface area contributed by atoms with Gasteiger partial charge in [-0.15, -0.1) is 0 Å². The van der Waals surface area contributed by atoms with Crippen LogP contribution in [-0.2, 0) is 4.57 Å². The van der Waals surface area contributed by atoms with Gasteiger partial charge in [-0.25, -0.2) is 4.57 Å². The number of rotatable bonds is 4. The van der Waals surface area contributed by atoms with E-state index < -0.39 is 8.25 Å². The maximum absolute atomic E-state index is 11.7. The quantitative estimate of drug-likeness (QED) is 0.683. The van der Waals surface area contributed by atoms with Crippen LogP contribution in [0.2, 0.25) is 0 Å². The van der Waals surface area contributed by atoms with Gasteiger partial charge in [0.2, 0.25) is 0 Å². The predicted molar refractivity (Wildman–Crippen MR) is 78.5 cm³/mol. The Balaban J connectivity index is 1.96. The van der Waals surface area contributed by atoms with Crippen molar-refractivity contribution in [2.45, 2.75) is 0 Å². The van der Waals surface area contributed by atoms with Crippen LogP contribution >= 0.6 is 40.1 Å². The Morgan fingerprint density at radius 3 is 1.39 bits per heavy atom. The molecule has 0 unspecified atom stereocenters. The molecule has 6 heteroatoms. The van der Waals surface area contributed by atoms with Crippen LogP contribution in [0.1, 0.15) is 0 Å². The van der Waals surface area contributed by atoms with Crippen molar-refractivity contribution in [1.29, 1.82) is 0 Å². The molecular formula is C12H9Br2O3P. The molecule has 18 heavy (non-hydrogen) atoms. The van der Waals surface area contributed by atoms with E-state index >= 15 is 0 Å². The van der Waals surface area contributed by atoms with Crippen LogP contribution in [-0.4, -0.2) is 0 Å². The van der Waals surface area contributed by atoms with Crippen LogP contribution in [0, 0.1) is 0 Å². The summed E-state index contributed by atoms with van der Waals surface area (Å²) in [6, 6.07) is 14.1. The summed E-state index contributed by atoms with van der Waals surface area (Å²) in [7, 11) is -2.60. The molecule has 0 aliphatic carbocycles. The average molecular weight is 392 g/mol. The van der Waals surface area contributed by atoms with Gasteiger partial charge in [-0.2, -0.15) is 0 Å². The van der Waals surface area contributed by atoms with Crippen molar-refractivity contribution in [2.75, 3.05) is 0 Å². The summed E-state index contributed by atoms with van der Waals surface area (Å²) in [5.41, 5.74) is 0. The van der Waals surface area contributed by atoms with E-state index in [4.69, 9.17) is 9.05 Å². The lowest BCUT2D eigenvalue weighted by molar-refractivity contribution is 0.415. The van der Waals surface area contributed by atoms with Crippen molar-refractivity contribution in [3.63, 3.8) is 0 Å². The Hall–Kier alpha value is -0.770. The summed E-state index contributed by atoms with van der Waals surface area (Å²) in [5, 5.41) is 0. The molecule has 0 heterocycles. The molecule has 0 saturated heterocycles. The van der Waals surface area contributed by atoms with E-state index in [0.717, 1.165) is 8.95 Å². The molecule has 0 amide bonds. The Kier molecular flexibility index (Phi) is 4.87. The van der Waals surface area contributed by atoms with Crippen LogP contribution in [0.15, 0.2) is 57.5 Å². The minimum Gasteiger partial charge on any atom is -0.418 e. The van der Waals surface area contributed by atoms with Crippen LogP contribution in [0.4, 0.5) is 0 Å². The van der Waals surface area contributed by atoms with Crippen LogP contribution in [0.3, 0.4) is 0 Å². The first-order valence-corrected chi connectivity index (χ1v) is 7.85. The molecule has 94 valence electrons. The highest BCUT2D eigenvalue weighted by atomic mass is 79.9. The molecule has 3 nitrogen and oxygen atoms in total. The fraction of sp³-hybridized carbons (Fsp3) is 0. The lowest BCUT2D eigenvalue weighted by Gasteiger charge is -2.08. The van der Waals surface area contributed by atoms with E-state index in [1.807, 2.05) is 24.3 Å². The van der Waals surface area contributed by atoms with Gasteiger partial charge in [0.1, 0.15) is 11.5 Å². The van der Waals surface area contributed by atoms with Gasteiger partial charge in [-0.05, 0) is 48.5 Å². The molecule has 0 spiro atoms. The van der Waals surface area contributed by atoms with Gasteiger partial charge in [0, 0.05) is 8.95 Å². The van der Waals surface area contributed by atoms with Crippen molar-refractivity contribution in [1.82, 2.24) is 0 Å². The van der Waals surface area contributed by atoms with Crippen LogP contribution in [0.5, 0.6) is 11.5 Å². The first kappa shape index (κ1) is 13.7. The van der Waals surface area contributed by atoms with E-state index in [9.17, 15) is 4.57 Å². The molecule has 0 N–H and O–H groups in total. The number of hydrogen-bond donors (Lipinski definition) is 0. The molecule has 2 rings (SSSR count). The fourth-order valence-electron chi connectivity index (χ4n) is 1.22. The summed E-state index contributed by atoms with van der Waals surface area (Å²) in [6.07, 6.45) is 0. The predicted octanol–water partition coefficient (Wildman–Crippen LogP) is 5.06. The summed E-state index contributed by atoms with van der Waals surface area (Å²) < 4.78 is 23.9. The van der Waals surface area contributed by atoms with E-state index in [1.54, 1.807) is 24.3 Å². The highest BCUT2D eigenvalue weighted by Crippen LogP contribution is 2.31. The third-order valence-electron chi connectivity index (χ3n) is 2.03. The van der Waals surface area contributed by atoms with Crippen LogP contribution in [0.25, 0.3) is 0 Å². The normalized spacial score (nSPS) is 10.4. The Labute approximate surface area is 122 Å². The fourth-order valence-corrected chi connectivity index (χ4v) is 2.45. The highest BCUT2D eigenvalue weighted by Gasteiger charge is 2.04. The largest absolute Gasteiger partial charge is 0.418 e. The van der Waals surface area contributed by atoms with E-state index in [2.05, 4.69) is 31.9 Å². The lowest BCUT2D eigenvalue weighted by Crippen LogP contribution is -1.88. The Bertz CT molecular complexity index is 491. The zero-order valence-corrected chi connectivity index (χ0v) is 13.3. The molecule has 0 atom stereocenters. The topological polar surface area (TPSA) is 35.5 Å². The molecule has 0 aliphatic rings. The summed E-state index contributed by atoms with van der Waals surface area (Å²) in [4.78, 5) is 0. The first-order valence-electron chi connectivity index (χ1n) is 5.04. The van der Waals surface area contributed by atoms with Crippen molar-refractivity contribution < 1.29 is 13.6 Å². The maximum Gasteiger partial charge on any atom is 0.418 e. The van der Waals surface area contributed by atoms with Crippen molar-refractivity contribution in [3.8, 4) is 11.5 Å². The van der Waals surface area contributed by atoms with Gasteiger partial charge in [0.25, 0.3) is 0 Å². The van der Waals surface area contributed by atoms with Crippen LogP contribution < -0.4 is 9.05 Å². The van der Waals surface area contributed by atoms with Crippen molar-refractivity contribution in [2.24, 2.45) is 0 Å². The lowest BCUT2D eigenvalue weighted by atomic mass is 10.3. The average Bonchev–Trinajstić information content (AvgIpc) is 2.35. The Morgan fingerprint density at radius 1 is 0.722 bits per heavy atom. The smallest absolute Gasteiger partial charge is 0.418 e. The highest BCUT2D eigenvalue weighted by molar-refractivity contribution is 9.10.